The van der Waals surface area contributed by atoms with E-state index >= 15 is 0 Å². The van der Waals surface area contributed by atoms with Crippen LogP contribution < -0.4 is 10.9 Å². The molecule has 1 saturated heterocycles. The highest BCUT2D eigenvalue weighted by Gasteiger charge is 2.17. The minimum Gasteiger partial charge on any atom is -0.502 e. The number of hydrogen-bond acceptors (Lipinski definition) is 7. The number of nitrogens with one attached hydrogen (secondary N) is 3. The van der Waals surface area contributed by atoms with Crippen molar-refractivity contribution in [2.45, 2.75) is 25.4 Å². The molecule has 9 heteroatoms. The Kier molecular flexibility index (Phi) is 8.81. The van der Waals surface area contributed by atoms with Crippen LogP contribution in [0, 0.1) is 11.8 Å². The van der Waals surface area contributed by atoms with Crippen molar-refractivity contribution in [3.05, 3.63) is 111 Å². The van der Waals surface area contributed by atoms with Crippen LogP contribution in [0.25, 0.3) is 0 Å². The Hall–Kier alpha value is -4.23. The number of H-pyrrole nitrogens is 2. The predicted molar refractivity (Wildman–Crippen MR) is 148 cm³/mol. The first-order chi connectivity index (χ1) is 19.1. The third-order valence-electron chi connectivity index (χ3n) is 6.81. The van der Waals surface area contributed by atoms with Gasteiger partial charge in [-0.15, -0.1) is 0 Å². The molecular formula is C30H32N6O3. The molecular weight excluding hydrogens is 492 g/mol. The van der Waals surface area contributed by atoms with E-state index in [0.717, 1.165) is 55.2 Å². The molecule has 5 rings (SSSR count). The van der Waals surface area contributed by atoms with E-state index in [2.05, 4.69) is 66.5 Å². The molecule has 0 unspecified atom stereocenters. The first kappa shape index (κ1) is 26.4. The summed E-state index contributed by atoms with van der Waals surface area (Å²) in [6, 6.07) is 18.4. The topological polar surface area (TPSA) is 119 Å². The van der Waals surface area contributed by atoms with Gasteiger partial charge in [-0.3, -0.25) is 14.8 Å². The number of aromatic amines is 2. The average Bonchev–Trinajstić information content (AvgIpc) is 3.49. The van der Waals surface area contributed by atoms with Gasteiger partial charge in [-0.2, -0.15) is 5.10 Å². The average molecular weight is 525 g/mol. The summed E-state index contributed by atoms with van der Waals surface area (Å²) in [5.41, 5.74) is 5.04. The summed E-state index contributed by atoms with van der Waals surface area (Å²) in [5, 5.41) is 20.6. The third kappa shape index (κ3) is 7.42. The van der Waals surface area contributed by atoms with Gasteiger partial charge in [0.05, 0.1) is 25.2 Å². The number of aromatic hydroxyl groups is 1. The van der Waals surface area contributed by atoms with Gasteiger partial charge in [0.2, 0.25) is 5.75 Å². The molecule has 9 nitrogen and oxygen atoms in total. The fraction of sp³-hybridized carbons (Fsp3) is 0.300. The molecule has 3 heterocycles. The minimum absolute atomic E-state index is 0.0193. The second-order valence-electron chi connectivity index (χ2n) is 9.60. The lowest BCUT2D eigenvalue weighted by molar-refractivity contribution is 0.0342. The molecule has 0 saturated carbocycles. The Labute approximate surface area is 227 Å². The van der Waals surface area contributed by atoms with E-state index in [1.54, 1.807) is 6.20 Å². The lowest BCUT2D eigenvalue weighted by atomic mass is 9.93. The number of nitrogens with zero attached hydrogens (tertiary/aromatic N) is 3. The highest BCUT2D eigenvalue weighted by Crippen LogP contribution is 2.23. The van der Waals surface area contributed by atoms with Crippen LogP contribution in [-0.4, -0.2) is 63.0 Å². The van der Waals surface area contributed by atoms with E-state index in [1.165, 1.54) is 11.9 Å². The summed E-state index contributed by atoms with van der Waals surface area (Å²) in [4.78, 5) is 20.9. The molecule has 1 fully saturated rings. The van der Waals surface area contributed by atoms with Gasteiger partial charge in [-0.25, -0.2) is 4.98 Å². The van der Waals surface area contributed by atoms with Crippen molar-refractivity contribution in [2.75, 3.05) is 32.8 Å². The summed E-state index contributed by atoms with van der Waals surface area (Å²) < 4.78 is 5.43. The zero-order valence-electron chi connectivity index (χ0n) is 21.7. The van der Waals surface area contributed by atoms with Crippen LogP contribution in [0.4, 0.5) is 0 Å². The summed E-state index contributed by atoms with van der Waals surface area (Å²) in [5.74, 6) is 6.15. The number of rotatable bonds is 9. The predicted octanol–water partition coefficient (Wildman–Crippen LogP) is 2.55. The molecule has 0 bridgehead atoms. The largest absolute Gasteiger partial charge is 0.502 e. The van der Waals surface area contributed by atoms with E-state index in [-0.39, 0.29) is 11.7 Å². The normalized spacial score (nSPS) is 14.5. The molecule has 39 heavy (non-hydrogen) atoms. The van der Waals surface area contributed by atoms with Crippen molar-refractivity contribution in [2.24, 2.45) is 0 Å². The van der Waals surface area contributed by atoms with Crippen LogP contribution in [0.1, 0.15) is 39.6 Å². The van der Waals surface area contributed by atoms with Crippen LogP contribution in [0.3, 0.4) is 0 Å². The van der Waals surface area contributed by atoms with Crippen LogP contribution in [-0.2, 0) is 24.2 Å². The molecule has 4 N–H and O–H groups in total. The zero-order valence-corrected chi connectivity index (χ0v) is 21.7. The molecule has 200 valence electrons. The third-order valence-corrected chi connectivity index (χ3v) is 6.81. The second-order valence-corrected chi connectivity index (χ2v) is 9.60. The molecule has 1 aliphatic rings. The van der Waals surface area contributed by atoms with Crippen molar-refractivity contribution in [3.8, 4) is 17.6 Å². The maximum absolute atomic E-state index is 11.9. The van der Waals surface area contributed by atoms with Crippen molar-refractivity contribution in [3.63, 3.8) is 0 Å². The maximum Gasteiger partial charge on any atom is 0.293 e. The highest BCUT2D eigenvalue weighted by molar-refractivity contribution is 5.44. The summed E-state index contributed by atoms with van der Waals surface area (Å²) in [6.07, 6.45) is 3.44. The Morgan fingerprint density at radius 1 is 1.03 bits per heavy atom. The fourth-order valence-corrected chi connectivity index (χ4v) is 4.58. The number of hydrogen-bond donors (Lipinski definition) is 4. The summed E-state index contributed by atoms with van der Waals surface area (Å²) in [7, 11) is 0. The minimum atomic E-state index is -0.538. The van der Waals surface area contributed by atoms with E-state index in [4.69, 9.17) is 4.74 Å². The molecule has 0 radical (unpaired) electrons. The van der Waals surface area contributed by atoms with E-state index in [0.29, 0.717) is 25.2 Å². The maximum atomic E-state index is 11.9. The van der Waals surface area contributed by atoms with Crippen LogP contribution in [0.15, 0.2) is 71.9 Å². The summed E-state index contributed by atoms with van der Waals surface area (Å²) >= 11 is 0. The number of morpholine rings is 1. The monoisotopic (exact) mass is 524 g/mol. The van der Waals surface area contributed by atoms with E-state index in [9.17, 15) is 9.90 Å². The lowest BCUT2D eigenvalue weighted by Crippen LogP contribution is -2.35. The number of benzene rings is 2. The Morgan fingerprint density at radius 3 is 2.44 bits per heavy atom. The molecule has 0 spiro atoms. The smallest absolute Gasteiger partial charge is 0.293 e. The SMILES string of the molecule is O=c1[nH]cnc(C[C@@H](CNCc2ccn[nH]2)c2ccc(C#Cc3ccc(CN4CCOCC4)cc3)cc2)c1O. The molecule has 1 atom stereocenters. The first-order valence-electron chi connectivity index (χ1n) is 13.1. The number of aromatic nitrogens is 4. The van der Waals surface area contributed by atoms with Crippen molar-refractivity contribution >= 4 is 0 Å². The van der Waals surface area contributed by atoms with Crippen LogP contribution in [0.5, 0.6) is 5.75 Å². The van der Waals surface area contributed by atoms with Gasteiger partial charge in [0.1, 0.15) is 0 Å². The Balaban J connectivity index is 1.25. The van der Waals surface area contributed by atoms with Crippen LogP contribution in [0.2, 0.25) is 0 Å². The number of ether oxygens (including phenoxy) is 1. The van der Waals surface area contributed by atoms with E-state index < -0.39 is 5.56 Å². The molecule has 2 aromatic heterocycles. The van der Waals surface area contributed by atoms with Gasteiger partial charge >= 0.3 is 0 Å². The molecule has 0 amide bonds. The van der Waals surface area contributed by atoms with Crippen LogP contribution >= 0.6 is 0 Å². The van der Waals surface area contributed by atoms with Crippen molar-refractivity contribution < 1.29 is 9.84 Å². The quantitative estimate of drug-likeness (QED) is 0.249. The van der Waals surface area contributed by atoms with Gasteiger partial charge in [0, 0.05) is 68.1 Å². The van der Waals surface area contributed by atoms with Gasteiger partial charge in [0.15, 0.2) is 0 Å². The van der Waals surface area contributed by atoms with Gasteiger partial charge in [-0.05, 0) is 41.5 Å². The second kappa shape index (κ2) is 13.0. The van der Waals surface area contributed by atoms with Gasteiger partial charge in [-0.1, -0.05) is 36.1 Å². The van der Waals surface area contributed by atoms with Gasteiger partial charge < -0.3 is 20.1 Å². The highest BCUT2D eigenvalue weighted by atomic mass is 16.5. The van der Waals surface area contributed by atoms with Crippen molar-refractivity contribution in [1.82, 2.24) is 30.4 Å². The van der Waals surface area contributed by atoms with Crippen molar-refractivity contribution in [1.29, 1.82) is 0 Å². The lowest BCUT2D eigenvalue weighted by Gasteiger charge is -2.26. The standard InChI is InChI=1S/C30H32N6O3/c37-29-28(32-21-33-30(29)38)17-26(18-31-19-27-11-12-34-35-27)25-9-7-23(8-10-25)2-1-22-3-5-24(6-4-22)20-36-13-15-39-16-14-36/h3-12,21,26,31,37H,13-20H2,(H,34,35)(H,32,33,38)/t26-/m0/s1. The Bertz CT molecular complexity index is 1450. The molecule has 1 aliphatic heterocycles. The van der Waals surface area contributed by atoms with Gasteiger partial charge in [0.25, 0.3) is 5.56 Å². The summed E-state index contributed by atoms with van der Waals surface area (Å²) in [6.45, 7) is 5.72. The molecule has 0 aliphatic carbocycles. The Morgan fingerprint density at radius 2 is 1.74 bits per heavy atom. The first-order valence-corrected chi connectivity index (χ1v) is 13.1. The molecule has 4 aromatic rings. The fourth-order valence-electron chi connectivity index (χ4n) is 4.58. The van der Waals surface area contributed by atoms with E-state index in [1.807, 2.05) is 30.3 Å². The molecule has 2 aromatic carbocycles. The zero-order chi connectivity index (χ0) is 26.9.